The van der Waals surface area contributed by atoms with E-state index in [0.29, 0.717) is 11.8 Å². The summed E-state index contributed by atoms with van der Waals surface area (Å²) in [4.78, 5) is 4.87. The SMILES string of the molecule is Cc1c2c3ccc(N(c4ccccc4)c4cccc5c4oc4c(C(C)C)cccc45)c4c5ccccc5n(c2c(C)c2c5ccc(N(c6ccccc6)c6cccc7c6oc6c(C(C)C)cccc67)c6c7ccccc7n(c12)c56)c34. The Hall–Kier alpha value is -9.78. The molecule has 0 fully saturated rings. The van der Waals surface area contributed by atoms with Crippen LogP contribution in [-0.2, 0) is 0 Å². The average Bonchev–Trinajstić information content (AvgIpc) is 4.52. The van der Waals surface area contributed by atoms with E-state index in [1.807, 2.05) is 0 Å². The van der Waals surface area contributed by atoms with Gasteiger partial charge in [0.1, 0.15) is 11.2 Å². The van der Waals surface area contributed by atoms with Crippen molar-refractivity contribution in [3.63, 3.8) is 0 Å². The fourth-order valence-corrected chi connectivity index (χ4v) is 14.5. The molecule has 0 unspecified atom stereocenters. The Bertz CT molecular complexity index is 5060. The van der Waals surface area contributed by atoms with Gasteiger partial charge in [0.05, 0.1) is 55.8 Å². The molecule has 11 aromatic carbocycles. The van der Waals surface area contributed by atoms with Crippen LogP contribution >= 0.6 is 0 Å². The maximum absolute atomic E-state index is 7.09. The van der Waals surface area contributed by atoms with E-state index in [-0.39, 0.29) is 0 Å². The van der Waals surface area contributed by atoms with E-state index >= 15 is 0 Å². The van der Waals surface area contributed by atoms with Crippen molar-refractivity contribution >= 4 is 154 Å². The van der Waals surface area contributed by atoms with Gasteiger partial charge >= 0.3 is 0 Å². The fourth-order valence-electron chi connectivity index (χ4n) is 14.5. The molecule has 6 aromatic heterocycles. The molecule has 0 aliphatic carbocycles. The minimum Gasteiger partial charge on any atom is -0.454 e. The van der Waals surface area contributed by atoms with E-state index in [9.17, 15) is 0 Å². The first kappa shape index (κ1) is 45.3. The number of anilines is 6. The van der Waals surface area contributed by atoms with E-state index in [2.05, 4.69) is 266 Å². The Morgan fingerprint density at radius 3 is 1.07 bits per heavy atom. The first-order valence-electron chi connectivity index (χ1n) is 28.2. The summed E-state index contributed by atoms with van der Waals surface area (Å²) in [6.45, 7) is 13.7. The maximum atomic E-state index is 7.09. The maximum Gasteiger partial charge on any atom is 0.159 e. The zero-order valence-corrected chi connectivity index (χ0v) is 45.4. The zero-order chi connectivity index (χ0) is 53.4. The topological polar surface area (TPSA) is 41.6 Å². The van der Waals surface area contributed by atoms with Crippen LogP contribution in [0.5, 0.6) is 0 Å². The number of nitrogens with zero attached hydrogens (tertiary/aromatic N) is 4. The summed E-state index contributed by atoms with van der Waals surface area (Å²) in [6, 6.07) is 75.6. The molecule has 80 heavy (non-hydrogen) atoms. The number of hydrogen-bond donors (Lipinski definition) is 0. The summed E-state index contributed by atoms with van der Waals surface area (Å²) in [6.07, 6.45) is 0. The quantitative estimate of drug-likeness (QED) is 0.152. The minimum atomic E-state index is 0.315. The van der Waals surface area contributed by atoms with Gasteiger partial charge in [-0.1, -0.05) is 173 Å². The minimum absolute atomic E-state index is 0.315. The molecule has 0 amide bonds. The number of aryl methyl sites for hydroxylation is 2. The highest BCUT2D eigenvalue weighted by atomic mass is 16.3. The van der Waals surface area contributed by atoms with Crippen LogP contribution in [-0.4, -0.2) is 8.80 Å². The molecule has 6 heteroatoms. The second kappa shape index (κ2) is 16.4. The summed E-state index contributed by atoms with van der Waals surface area (Å²) in [7, 11) is 0. The Morgan fingerprint density at radius 1 is 0.300 bits per heavy atom. The lowest BCUT2D eigenvalue weighted by Crippen LogP contribution is -2.10. The van der Waals surface area contributed by atoms with E-state index in [1.54, 1.807) is 0 Å². The monoisotopic (exact) mass is 1030 g/mol. The van der Waals surface area contributed by atoms with Crippen molar-refractivity contribution in [2.45, 2.75) is 53.4 Å². The first-order chi connectivity index (χ1) is 39.3. The van der Waals surface area contributed by atoms with Gasteiger partial charge in [0.2, 0.25) is 0 Å². The predicted octanol–water partition coefficient (Wildman–Crippen LogP) is 21.6. The normalized spacial score (nSPS) is 12.6. The molecular weight excluding hydrogens is 977 g/mol. The molecule has 17 aromatic rings. The van der Waals surface area contributed by atoms with Crippen LogP contribution in [0.1, 0.15) is 61.8 Å². The molecule has 0 saturated heterocycles. The molecule has 17 rings (SSSR count). The predicted molar refractivity (Wildman–Crippen MR) is 337 cm³/mol. The van der Waals surface area contributed by atoms with Gasteiger partial charge in [-0.05, 0) is 109 Å². The molecule has 6 nitrogen and oxygen atoms in total. The van der Waals surface area contributed by atoms with E-state index in [1.165, 1.54) is 98.4 Å². The summed E-state index contributed by atoms with van der Waals surface area (Å²) in [5.74, 6) is 0.629. The Morgan fingerprint density at radius 2 is 0.662 bits per heavy atom. The summed E-state index contributed by atoms with van der Waals surface area (Å²) >= 11 is 0. The van der Waals surface area contributed by atoms with Crippen LogP contribution in [0.2, 0.25) is 0 Å². The fraction of sp³-hybridized carbons (Fsp3) is 0.108. The summed E-state index contributed by atoms with van der Waals surface area (Å²) in [5.41, 5.74) is 22.4. The lowest BCUT2D eigenvalue weighted by atomic mass is 9.96. The molecule has 0 atom stereocenters. The second-order valence-corrected chi connectivity index (χ2v) is 22.7. The van der Waals surface area contributed by atoms with Crippen molar-refractivity contribution in [2.24, 2.45) is 0 Å². The van der Waals surface area contributed by atoms with Crippen LogP contribution in [0.4, 0.5) is 34.1 Å². The van der Waals surface area contributed by atoms with Gasteiger partial charge in [0.15, 0.2) is 11.2 Å². The van der Waals surface area contributed by atoms with Crippen molar-refractivity contribution < 1.29 is 8.83 Å². The number of rotatable bonds is 8. The number of aromatic nitrogens is 2. The van der Waals surface area contributed by atoms with Gasteiger partial charge in [0.25, 0.3) is 0 Å². The number of hydrogen-bond acceptors (Lipinski definition) is 4. The summed E-state index contributed by atoms with van der Waals surface area (Å²) in [5, 5.41) is 14.4. The second-order valence-electron chi connectivity index (χ2n) is 22.7. The molecule has 0 radical (unpaired) electrons. The van der Waals surface area contributed by atoms with Crippen molar-refractivity contribution in [3.8, 4) is 0 Å². The van der Waals surface area contributed by atoms with Gasteiger partial charge in [-0.2, -0.15) is 0 Å². The van der Waals surface area contributed by atoms with E-state index in [4.69, 9.17) is 8.83 Å². The Balaban J connectivity index is 0.958. The standard InChI is InChI=1S/C74H54N4O2/c1-41(2)47-27-17-29-49-51-31-19-35-61(73(51)79-71(47)49)75(45-21-9-7-10-22-45)59-39-37-55-63-43(5)68-64(44(6)67(63)77-57-33-15-13-25-53(57)65(59)69(55)77)56-38-40-60(66-54-26-14-16-34-58(54)78(68)70(56)66)76(46-23-11-8-12-24-46)62-36-20-32-52-50-30-18-28-48(42(3)4)72(50)80-74(52)62/h7-42H,1-6H3. The smallest absolute Gasteiger partial charge is 0.159 e. The highest BCUT2D eigenvalue weighted by Gasteiger charge is 2.32. The van der Waals surface area contributed by atoms with Crippen molar-refractivity contribution in [1.29, 1.82) is 0 Å². The van der Waals surface area contributed by atoms with E-state index in [0.717, 1.165) is 78.0 Å². The largest absolute Gasteiger partial charge is 0.454 e. The van der Waals surface area contributed by atoms with E-state index < -0.39 is 0 Å². The average molecular weight is 1030 g/mol. The number of benzene rings is 11. The van der Waals surface area contributed by atoms with Gasteiger partial charge in [-0.25, -0.2) is 0 Å². The molecule has 382 valence electrons. The van der Waals surface area contributed by atoms with Crippen LogP contribution in [0, 0.1) is 13.8 Å². The number of para-hydroxylation sites is 8. The molecule has 6 heterocycles. The molecule has 0 spiro atoms. The molecule has 0 N–H and O–H groups in total. The van der Waals surface area contributed by atoms with Crippen molar-refractivity contribution in [1.82, 2.24) is 8.80 Å². The lowest BCUT2D eigenvalue weighted by molar-refractivity contribution is 0.657. The van der Waals surface area contributed by atoms with Gasteiger partial charge in [-0.3, -0.25) is 0 Å². The third kappa shape index (κ3) is 5.82. The van der Waals surface area contributed by atoms with Gasteiger partial charge in [0, 0.05) is 76.0 Å². The highest BCUT2D eigenvalue weighted by molar-refractivity contribution is 6.34. The Kier molecular flexibility index (Phi) is 9.27. The van der Waals surface area contributed by atoms with Crippen LogP contribution in [0.25, 0.3) is 120 Å². The molecule has 0 aliphatic rings. The lowest BCUT2D eigenvalue weighted by Gasteiger charge is -2.26. The highest BCUT2D eigenvalue weighted by Crippen LogP contribution is 2.55. The van der Waals surface area contributed by atoms with Crippen LogP contribution in [0.3, 0.4) is 0 Å². The first-order valence-corrected chi connectivity index (χ1v) is 28.2. The molecule has 0 bridgehead atoms. The van der Waals surface area contributed by atoms with Crippen molar-refractivity contribution in [3.05, 3.63) is 229 Å². The third-order valence-electron chi connectivity index (χ3n) is 17.8. The molecule has 0 aliphatic heterocycles. The molecule has 0 saturated carbocycles. The summed E-state index contributed by atoms with van der Waals surface area (Å²) < 4.78 is 19.4. The van der Waals surface area contributed by atoms with Gasteiger partial charge in [-0.15, -0.1) is 0 Å². The third-order valence-corrected chi connectivity index (χ3v) is 17.8. The van der Waals surface area contributed by atoms with Gasteiger partial charge < -0.3 is 27.4 Å². The van der Waals surface area contributed by atoms with Crippen molar-refractivity contribution in [2.75, 3.05) is 9.80 Å². The van der Waals surface area contributed by atoms with Crippen LogP contribution < -0.4 is 9.80 Å². The zero-order valence-electron chi connectivity index (χ0n) is 45.4. The van der Waals surface area contributed by atoms with Crippen LogP contribution in [0.15, 0.2) is 215 Å². The Labute approximate surface area is 461 Å². The number of fused-ring (bicyclic) bond motifs is 18. The molecular formula is C74H54N4O2. The number of furan rings is 2.